The molecular weight excluding hydrogens is 306 g/mol. The highest BCUT2D eigenvalue weighted by Gasteiger charge is 2.28. The molecule has 1 aromatic heterocycles. The summed E-state index contributed by atoms with van der Waals surface area (Å²) in [6.07, 6.45) is 3.09. The van der Waals surface area contributed by atoms with Gasteiger partial charge in [0.2, 0.25) is 5.91 Å². The van der Waals surface area contributed by atoms with E-state index in [2.05, 4.69) is 11.7 Å². The van der Waals surface area contributed by atoms with Crippen LogP contribution in [0.4, 0.5) is 0 Å². The van der Waals surface area contributed by atoms with E-state index in [1.807, 2.05) is 25.7 Å². The summed E-state index contributed by atoms with van der Waals surface area (Å²) in [6.45, 7) is 11.6. The van der Waals surface area contributed by atoms with Crippen LogP contribution in [0.25, 0.3) is 0 Å². The summed E-state index contributed by atoms with van der Waals surface area (Å²) in [6, 6.07) is 1.74. The van der Waals surface area contributed by atoms with Gasteiger partial charge in [-0.05, 0) is 24.8 Å². The lowest BCUT2D eigenvalue weighted by Crippen LogP contribution is -2.41. The van der Waals surface area contributed by atoms with E-state index in [1.165, 1.54) is 6.08 Å². The van der Waals surface area contributed by atoms with Gasteiger partial charge in [0.1, 0.15) is 5.76 Å². The van der Waals surface area contributed by atoms with Crippen molar-refractivity contribution in [2.75, 3.05) is 26.7 Å². The predicted molar refractivity (Wildman–Crippen MR) is 91.7 cm³/mol. The summed E-state index contributed by atoms with van der Waals surface area (Å²) in [5, 5.41) is 3.93. The monoisotopic (exact) mass is 333 g/mol. The lowest BCUT2D eigenvalue weighted by Gasteiger charge is -2.33. The summed E-state index contributed by atoms with van der Waals surface area (Å²) < 4.78 is 5.30. The second-order valence-corrected chi connectivity index (χ2v) is 7.48. The second-order valence-electron chi connectivity index (χ2n) is 7.48. The van der Waals surface area contributed by atoms with Crippen molar-refractivity contribution in [1.29, 1.82) is 0 Å². The van der Waals surface area contributed by atoms with Crippen LogP contribution in [-0.2, 0) is 10.2 Å². The van der Waals surface area contributed by atoms with Crippen LogP contribution in [0, 0.1) is 5.92 Å². The molecule has 2 heterocycles. The minimum absolute atomic E-state index is 0.0641. The lowest BCUT2D eigenvalue weighted by atomic mass is 9.93. The lowest BCUT2D eigenvalue weighted by molar-refractivity contribution is -0.125. The highest BCUT2D eigenvalue weighted by molar-refractivity contribution is 5.92. The standard InChI is InChI=1S/C18H27N3O3/c1-6-16(22)20(5)12-13-7-9-21(10-8-13)17(23)14-11-15(24-19-14)18(2,3)4/h6,11,13H,1,7-10,12H2,2-5H3. The minimum Gasteiger partial charge on any atom is -0.360 e. The molecule has 1 aliphatic heterocycles. The van der Waals surface area contributed by atoms with Gasteiger partial charge in [-0.2, -0.15) is 0 Å². The fourth-order valence-corrected chi connectivity index (χ4v) is 2.84. The fraction of sp³-hybridized carbons (Fsp3) is 0.611. The number of aromatic nitrogens is 1. The van der Waals surface area contributed by atoms with Gasteiger partial charge in [-0.15, -0.1) is 0 Å². The summed E-state index contributed by atoms with van der Waals surface area (Å²) in [7, 11) is 1.78. The number of carbonyl (C=O) groups excluding carboxylic acids is 2. The van der Waals surface area contributed by atoms with E-state index in [-0.39, 0.29) is 17.2 Å². The Labute approximate surface area is 143 Å². The first kappa shape index (κ1) is 18.2. The maximum atomic E-state index is 12.5. The van der Waals surface area contributed by atoms with Crippen LogP contribution in [0.5, 0.6) is 0 Å². The molecule has 0 atom stereocenters. The molecule has 1 aromatic rings. The Morgan fingerprint density at radius 1 is 1.42 bits per heavy atom. The first-order valence-corrected chi connectivity index (χ1v) is 8.36. The topological polar surface area (TPSA) is 66.7 Å². The number of carbonyl (C=O) groups is 2. The Kier molecular flexibility index (Phi) is 5.47. The Bertz CT molecular complexity index is 607. The van der Waals surface area contributed by atoms with Crippen molar-refractivity contribution in [3.05, 3.63) is 30.2 Å². The van der Waals surface area contributed by atoms with Crippen molar-refractivity contribution in [3.63, 3.8) is 0 Å². The van der Waals surface area contributed by atoms with Crippen molar-refractivity contribution in [1.82, 2.24) is 15.0 Å². The molecule has 0 unspecified atom stereocenters. The van der Waals surface area contributed by atoms with Gasteiger partial charge in [0.05, 0.1) is 0 Å². The molecule has 0 radical (unpaired) electrons. The van der Waals surface area contributed by atoms with Crippen molar-refractivity contribution in [3.8, 4) is 0 Å². The number of likely N-dealkylation sites (N-methyl/N-ethyl adjacent to an activating group) is 1. The molecule has 6 nitrogen and oxygen atoms in total. The zero-order valence-corrected chi connectivity index (χ0v) is 15.0. The van der Waals surface area contributed by atoms with Crippen LogP contribution in [0.1, 0.15) is 49.9 Å². The second kappa shape index (κ2) is 7.20. The van der Waals surface area contributed by atoms with Crippen LogP contribution in [0.2, 0.25) is 0 Å². The quantitative estimate of drug-likeness (QED) is 0.794. The Hall–Kier alpha value is -2.11. The number of hydrogen-bond donors (Lipinski definition) is 0. The number of rotatable bonds is 4. The molecule has 132 valence electrons. The van der Waals surface area contributed by atoms with E-state index in [9.17, 15) is 9.59 Å². The number of amides is 2. The summed E-state index contributed by atoms with van der Waals surface area (Å²) in [5.41, 5.74) is 0.207. The Balaban J connectivity index is 1.90. The van der Waals surface area contributed by atoms with Crippen LogP contribution in [0.3, 0.4) is 0 Å². The van der Waals surface area contributed by atoms with Gasteiger partial charge in [0, 0.05) is 38.2 Å². The molecule has 0 spiro atoms. The van der Waals surface area contributed by atoms with Crippen molar-refractivity contribution >= 4 is 11.8 Å². The first-order chi connectivity index (χ1) is 11.2. The van der Waals surface area contributed by atoms with E-state index in [1.54, 1.807) is 18.0 Å². The molecule has 0 saturated carbocycles. The Morgan fingerprint density at radius 2 is 2.04 bits per heavy atom. The summed E-state index contributed by atoms with van der Waals surface area (Å²) in [5.74, 6) is 0.977. The highest BCUT2D eigenvalue weighted by atomic mass is 16.5. The van der Waals surface area contributed by atoms with Crippen LogP contribution < -0.4 is 0 Å². The maximum Gasteiger partial charge on any atom is 0.276 e. The van der Waals surface area contributed by atoms with E-state index in [4.69, 9.17) is 4.52 Å². The normalized spacial score (nSPS) is 16.1. The van der Waals surface area contributed by atoms with Gasteiger partial charge in [-0.25, -0.2) is 0 Å². The van der Waals surface area contributed by atoms with E-state index in [0.29, 0.717) is 37.0 Å². The molecule has 0 bridgehead atoms. The van der Waals surface area contributed by atoms with Gasteiger partial charge in [0.25, 0.3) is 5.91 Å². The van der Waals surface area contributed by atoms with E-state index in [0.717, 1.165) is 12.8 Å². The average molecular weight is 333 g/mol. The largest absolute Gasteiger partial charge is 0.360 e. The number of hydrogen-bond acceptors (Lipinski definition) is 4. The molecule has 24 heavy (non-hydrogen) atoms. The number of likely N-dealkylation sites (tertiary alicyclic amines) is 1. The third-order valence-electron chi connectivity index (χ3n) is 4.45. The zero-order chi connectivity index (χ0) is 17.9. The predicted octanol–water partition coefficient (Wildman–Crippen LogP) is 2.47. The van der Waals surface area contributed by atoms with Crippen LogP contribution >= 0.6 is 0 Å². The molecule has 0 aliphatic carbocycles. The molecule has 2 amide bonds. The summed E-state index contributed by atoms with van der Waals surface area (Å²) in [4.78, 5) is 27.6. The number of nitrogens with zero attached hydrogens (tertiary/aromatic N) is 3. The molecule has 6 heteroatoms. The molecular formula is C18H27N3O3. The minimum atomic E-state index is -0.166. The zero-order valence-electron chi connectivity index (χ0n) is 15.0. The molecule has 0 aromatic carbocycles. The van der Waals surface area contributed by atoms with Gasteiger partial charge < -0.3 is 14.3 Å². The highest BCUT2D eigenvalue weighted by Crippen LogP contribution is 2.24. The molecule has 1 saturated heterocycles. The maximum absolute atomic E-state index is 12.5. The van der Waals surface area contributed by atoms with E-state index >= 15 is 0 Å². The average Bonchev–Trinajstić information content (AvgIpc) is 3.04. The third kappa shape index (κ3) is 4.24. The van der Waals surface area contributed by atoms with Gasteiger partial charge in [0.15, 0.2) is 5.69 Å². The smallest absolute Gasteiger partial charge is 0.276 e. The third-order valence-corrected chi connectivity index (χ3v) is 4.45. The fourth-order valence-electron chi connectivity index (χ4n) is 2.84. The molecule has 0 N–H and O–H groups in total. The van der Waals surface area contributed by atoms with Gasteiger partial charge in [-0.1, -0.05) is 32.5 Å². The van der Waals surface area contributed by atoms with Crippen molar-refractivity contribution in [2.24, 2.45) is 5.92 Å². The van der Waals surface area contributed by atoms with E-state index < -0.39 is 0 Å². The first-order valence-electron chi connectivity index (χ1n) is 8.36. The molecule has 1 fully saturated rings. The molecule has 1 aliphatic rings. The van der Waals surface area contributed by atoms with Gasteiger partial charge >= 0.3 is 0 Å². The van der Waals surface area contributed by atoms with Crippen molar-refractivity contribution < 1.29 is 14.1 Å². The Morgan fingerprint density at radius 3 is 2.54 bits per heavy atom. The van der Waals surface area contributed by atoms with Crippen LogP contribution in [-0.4, -0.2) is 53.5 Å². The SMILES string of the molecule is C=CC(=O)N(C)CC1CCN(C(=O)c2cc(C(C)(C)C)on2)CC1. The molecule has 2 rings (SSSR count). The van der Waals surface area contributed by atoms with Crippen molar-refractivity contribution in [2.45, 2.75) is 39.0 Å². The summed E-state index contributed by atoms with van der Waals surface area (Å²) >= 11 is 0. The number of piperidine rings is 1. The van der Waals surface area contributed by atoms with Gasteiger partial charge in [-0.3, -0.25) is 9.59 Å². The van der Waals surface area contributed by atoms with Crippen LogP contribution in [0.15, 0.2) is 23.2 Å².